The van der Waals surface area contributed by atoms with Crippen LogP contribution in [0.15, 0.2) is 66.2 Å². The fraction of sp³-hybridized carbons (Fsp3) is 0.423. The number of carbonyl (C=O) groups excluding carboxylic acids is 1. The van der Waals surface area contributed by atoms with Gasteiger partial charge in [0.15, 0.2) is 0 Å². The molecule has 0 spiro atoms. The Labute approximate surface area is 184 Å². The first-order chi connectivity index (χ1) is 14.9. The van der Waals surface area contributed by atoms with E-state index in [1.807, 2.05) is 42.5 Å². The maximum absolute atomic E-state index is 12.4. The number of anilines is 1. The number of nitrogens with one attached hydrogen (secondary N) is 1. The van der Waals surface area contributed by atoms with Crippen molar-refractivity contribution in [1.29, 1.82) is 0 Å². The lowest BCUT2D eigenvalue weighted by Gasteiger charge is -2.55. The van der Waals surface area contributed by atoms with E-state index in [2.05, 4.69) is 44.3 Å². The monoisotopic (exact) mass is 421 g/mol. The zero-order chi connectivity index (χ0) is 22.0. The van der Waals surface area contributed by atoms with Crippen molar-refractivity contribution in [3.8, 4) is 5.75 Å². The molecule has 2 bridgehead atoms. The van der Waals surface area contributed by atoms with Gasteiger partial charge in [-0.25, -0.2) is 4.79 Å². The van der Waals surface area contributed by atoms with Crippen molar-refractivity contribution < 1.29 is 19.0 Å². The molecule has 164 valence electrons. The third-order valence-corrected chi connectivity index (χ3v) is 7.19. The molecule has 4 rings (SSSR count). The normalized spacial score (nSPS) is 29.6. The van der Waals surface area contributed by atoms with E-state index in [0.717, 1.165) is 17.0 Å². The number of para-hydroxylation sites is 1. The lowest BCUT2D eigenvalue weighted by molar-refractivity contribution is -0.165. The number of allylic oxidation sites excluding steroid dienone is 1. The molecule has 1 fully saturated rings. The Balaban J connectivity index is 1.51. The molecule has 2 aliphatic rings. The van der Waals surface area contributed by atoms with Crippen molar-refractivity contribution in [2.75, 3.05) is 25.6 Å². The average molecular weight is 422 g/mol. The van der Waals surface area contributed by atoms with Gasteiger partial charge < -0.3 is 14.2 Å². The fourth-order valence-corrected chi connectivity index (χ4v) is 5.23. The highest BCUT2D eigenvalue weighted by molar-refractivity contribution is 5.84. The molecule has 2 aromatic carbocycles. The number of hydrogen-bond acceptors (Lipinski definition) is 4. The first-order valence-corrected chi connectivity index (χ1v) is 10.9. The van der Waals surface area contributed by atoms with Crippen molar-refractivity contribution in [2.24, 2.45) is 23.2 Å². The van der Waals surface area contributed by atoms with E-state index in [-0.39, 0.29) is 23.4 Å². The molecule has 1 amide bonds. The predicted molar refractivity (Wildman–Crippen MR) is 121 cm³/mol. The van der Waals surface area contributed by atoms with E-state index in [9.17, 15) is 4.79 Å². The van der Waals surface area contributed by atoms with Crippen molar-refractivity contribution >= 4 is 11.8 Å². The van der Waals surface area contributed by atoms with Gasteiger partial charge in [0, 0.05) is 17.0 Å². The maximum Gasteiger partial charge on any atom is 0.411 e. The first-order valence-electron chi connectivity index (χ1n) is 10.9. The fourth-order valence-electron chi connectivity index (χ4n) is 5.23. The second-order valence-corrected chi connectivity index (χ2v) is 8.82. The topological polar surface area (TPSA) is 56.8 Å². The van der Waals surface area contributed by atoms with E-state index in [0.29, 0.717) is 19.1 Å². The molecule has 0 saturated carbocycles. The molecule has 1 aliphatic carbocycles. The van der Waals surface area contributed by atoms with Crippen LogP contribution in [0.1, 0.15) is 32.4 Å². The Morgan fingerprint density at radius 2 is 1.84 bits per heavy atom. The summed E-state index contributed by atoms with van der Waals surface area (Å²) in [6.45, 7) is 7.53. The van der Waals surface area contributed by atoms with Crippen LogP contribution in [0, 0.1) is 23.2 Å². The van der Waals surface area contributed by atoms with E-state index >= 15 is 0 Å². The van der Waals surface area contributed by atoms with Crippen molar-refractivity contribution in [1.82, 2.24) is 0 Å². The third-order valence-electron chi connectivity index (χ3n) is 7.19. The number of methoxy groups -OCH3 is 1. The molecule has 0 aromatic heterocycles. The van der Waals surface area contributed by atoms with Gasteiger partial charge in [-0.1, -0.05) is 55.8 Å². The first kappa shape index (κ1) is 21.4. The van der Waals surface area contributed by atoms with E-state index in [1.54, 1.807) is 7.11 Å². The van der Waals surface area contributed by atoms with Gasteiger partial charge in [-0.2, -0.15) is 0 Å². The number of ether oxygens (including phenoxy) is 3. The number of fused-ring (bicyclic) bond motifs is 2. The molecule has 1 heterocycles. The highest BCUT2D eigenvalue weighted by Gasteiger charge is 2.54. The lowest BCUT2D eigenvalue weighted by atomic mass is 9.56. The zero-order valence-corrected chi connectivity index (χ0v) is 18.6. The second-order valence-electron chi connectivity index (χ2n) is 8.82. The van der Waals surface area contributed by atoms with Gasteiger partial charge in [0.1, 0.15) is 12.4 Å². The van der Waals surface area contributed by atoms with Crippen molar-refractivity contribution in [3.05, 3.63) is 71.8 Å². The van der Waals surface area contributed by atoms with Gasteiger partial charge in [0.2, 0.25) is 0 Å². The molecule has 1 saturated heterocycles. The van der Waals surface area contributed by atoms with Crippen LogP contribution in [0.25, 0.3) is 0 Å². The van der Waals surface area contributed by atoms with Gasteiger partial charge in [-0.15, -0.1) is 0 Å². The quantitative estimate of drug-likeness (QED) is 0.615. The third kappa shape index (κ3) is 4.07. The minimum atomic E-state index is -0.430. The standard InChI is InChI=1S/C26H31NO4/c1-17-14-18(2)26(16-31-25(28)27-21-8-6-5-7-9-21)15-30-24(23(17)19(26)3)20-10-12-22(29-4)13-11-20/h5-14,18-19,23-24H,15-16H2,1-4H3,(H,27,28)/t18-,19+,23+,24-,26+/m0/s1. The number of rotatable bonds is 5. The number of benzene rings is 2. The van der Waals surface area contributed by atoms with Gasteiger partial charge in [-0.05, 0) is 48.6 Å². The molecular formula is C26H31NO4. The van der Waals surface area contributed by atoms with E-state index in [1.165, 1.54) is 5.57 Å². The lowest BCUT2D eigenvalue weighted by Crippen LogP contribution is -2.54. The van der Waals surface area contributed by atoms with Gasteiger partial charge in [-0.3, -0.25) is 5.32 Å². The van der Waals surface area contributed by atoms with Crippen LogP contribution in [-0.2, 0) is 9.47 Å². The summed E-state index contributed by atoms with van der Waals surface area (Å²) in [5, 5.41) is 2.81. The van der Waals surface area contributed by atoms with Crippen LogP contribution < -0.4 is 10.1 Å². The summed E-state index contributed by atoms with van der Waals surface area (Å²) in [4.78, 5) is 12.4. The van der Waals surface area contributed by atoms with Crippen LogP contribution in [-0.4, -0.2) is 26.4 Å². The summed E-state index contributed by atoms with van der Waals surface area (Å²) in [5.41, 5.74) is 2.96. The zero-order valence-electron chi connectivity index (χ0n) is 18.6. The largest absolute Gasteiger partial charge is 0.497 e. The number of amides is 1. The maximum atomic E-state index is 12.4. The number of hydrogen-bond donors (Lipinski definition) is 1. The predicted octanol–water partition coefficient (Wildman–Crippen LogP) is 5.85. The summed E-state index contributed by atoms with van der Waals surface area (Å²) in [7, 11) is 1.67. The Hall–Kier alpha value is -2.79. The minimum absolute atomic E-state index is 0.0177. The summed E-state index contributed by atoms with van der Waals surface area (Å²) >= 11 is 0. The molecule has 5 atom stereocenters. The molecule has 0 unspecified atom stereocenters. The molecule has 5 heteroatoms. The van der Waals surface area contributed by atoms with E-state index in [4.69, 9.17) is 14.2 Å². The van der Waals surface area contributed by atoms with Crippen LogP contribution in [0.3, 0.4) is 0 Å². The van der Waals surface area contributed by atoms with Crippen LogP contribution >= 0.6 is 0 Å². The number of carbonyl (C=O) groups is 1. The van der Waals surface area contributed by atoms with Crippen LogP contribution in [0.5, 0.6) is 5.75 Å². The molecular weight excluding hydrogens is 390 g/mol. The van der Waals surface area contributed by atoms with Crippen LogP contribution in [0.2, 0.25) is 0 Å². The smallest absolute Gasteiger partial charge is 0.411 e. The summed E-state index contributed by atoms with van der Waals surface area (Å²) in [6, 6.07) is 17.5. The molecule has 2 aromatic rings. The van der Waals surface area contributed by atoms with Crippen molar-refractivity contribution in [2.45, 2.75) is 26.9 Å². The molecule has 0 radical (unpaired) electrons. The molecule has 5 nitrogen and oxygen atoms in total. The summed E-state index contributed by atoms with van der Waals surface area (Å²) < 4.78 is 17.5. The molecule has 31 heavy (non-hydrogen) atoms. The van der Waals surface area contributed by atoms with Gasteiger partial charge in [0.05, 0.1) is 19.8 Å². The van der Waals surface area contributed by atoms with Crippen molar-refractivity contribution in [3.63, 3.8) is 0 Å². The highest BCUT2D eigenvalue weighted by Crippen LogP contribution is 2.56. The van der Waals surface area contributed by atoms with Crippen LogP contribution in [0.4, 0.5) is 10.5 Å². The summed E-state index contributed by atoms with van der Waals surface area (Å²) in [6.07, 6.45) is 1.89. The highest BCUT2D eigenvalue weighted by atomic mass is 16.6. The Morgan fingerprint density at radius 1 is 1.13 bits per heavy atom. The average Bonchev–Trinajstić information content (AvgIpc) is 2.77. The Morgan fingerprint density at radius 3 is 2.52 bits per heavy atom. The second kappa shape index (κ2) is 8.75. The SMILES string of the molecule is COc1ccc([C@@H]2OC[C@]3(COC(=O)Nc4ccccc4)[C@H](C)[C@H]2C(C)=C[C@@H]3C)cc1. The van der Waals surface area contributed by atoms with Gasteiger partial charge in [0.25, 0.3) is 0 Å². The Bertz CT molecular complexity index is 940. The summed E-state index contributed by atoms with van der Waals surface area (Å²) in [5.74, 6) is 1.63. The Kier molecular flexibility index (Phi) is 6.05. The van der Waals surface area contributed by atoms with E-state index < -0.39 is 6.09 Å². The van der Waals surface area contributed by atoms with Gasteiger partial charge >= 0.3 is 6.09 Å². The molecule has 1 aliphatic heterocycles. The molecule has 1 N–H and O–H groups in total. The minimum Gasteiger partial charge on any atom is -0.497 e.